The fourth-order valence-electron chi connectivity index (χ4n) is 3.75. The Morgan fingerprint density at radius 1 is 1.12 bits per heavy atom. The van der Waals surface area contributed by atoms with E-state index in [2.05, 4.69) is 48.2 Å². The molecule has 4 rings (SSSR count). The lowest BCUT2D eigenvalue weighted by Crippen LogP contribution is -2.30. The summed E-state index contributed by atoms with van der Waals surface area (Å²) in [5.74, 6) is -0.667. The van der Waals surface area contributed by atoms with E-state index in [1.54, 1.807) is 0 Å². The number of rotatable bonds is 4. The summed E-state index contributed by atoms with van der Waals surface area (Å²) in [5.41, 5.74) is 5.74. The Kier molecular flexibility index (Phi) is 3.69. The first-order valence-electron chi connectivity index (χ1n) is 8.70. The number of aryl methyl sites for hydroxylation is 1. The molecule has 1 aliphatic carbocycles. The monoisotopic (exact) mass is 321 g/mol. The number of carbonyl (C=O) groups is 1. The Labute approximate surface area is 142 Å². The van der Waals surface area contributed by atoms with Crippen molar-refractivity contribution in [1.82, 2.24) is 4.90 Å². The van der Waals surface area contributed by atoms with Crippen LogP contribution in [0.4, 0.5) is 0 Å². The summed E-state index contributed by atoms with van der Waals surface area (Å²) in [6, 6.07) is 15.1. The van der Waals surface area contributed by atoms with Crippen LogP contribution in [0.1, 0.15) is 40.7 Å². The molecule has 0 radical (unpaired) electrons. The minimum absolute atomic E-state index is 0.589. The van der Waals surface area contributed by atoms with Crippen molar-refractivity contribution in [2.45, 2.75) is 44.7 Å². The van der Waals surface area contributed by atoms with Gasteiger partial charge < -0.3 is 5.11 Å². The van der Waals surface area contributed by atoms with E-state index in [0.717, 1.165) is 44.5 Å². The highest BCUT2D eigenvalue weighted by atomic mass is 16.4. The van der Waals surface area contributed by atoms with Gasteiger partial charge >= 0.3 is 5.97 Å². The van der Waals surface area contributed by atoms with Gasteiger partial charge in [0.2, 0.25) is 0 Å². The van der Waals surface area contributed by atoms with Gasteiger partial charge in [-0.25, -0.2) is 0 Å². The van der Waals surface area contributed by atoms with Crippen molar-refractivity contribution in [2.75, 3.05) is 6.54 Å². The van der Waals surface area contributed by atoms with Crippen molar-refractivity contribution < 1.29 is 9.90 Å². The standard InChI is InChI=1S/C21H23NO2/c1-15-2-4-16(5-3-15)13-22-11-8-17-12-19(7-6-18(17)14-22)21(9-10-21)20(23)24/h2-7,12H,8-11,13-14H2,1H3,(H,23,24). The lowest BCUT2D eigenvalue weighted by molar-refractivity contribution is -0.140. The van der Waals surface area contributed by atoms with Gasteiger partial charge in [0.1, 0.15) is 0 Å². The minimum Gasteiger partial charge on any atom is -0.481 e. The highest BCUT2D eigenvalue weighted by Crippen LogP contribution is 2.49. The van der Waals surface area contributed by atoms with E-state index >= 15 is 0 Å². The van der Waals surface area contributed by atoms with E-state index in [1.807, 2.05) is 6.07 Å². The molecule has 1 N–H and O–H groups in total. The van der Waals surface area contributed by atoms with E-state index in [-0.39, 0.29) is 0 Å². The zero-order valence-electron chi connectivity index (χ0n) is 14.1. The molecule has 3 heteroatoms. The Bertz CT molecular complexity index is 775. The van der Waals surface area contributed by atoms with Crippen LogP contribution < -0.4 is 0 Å². The van der Waals surface area contributed by atoms with Crippen LogP contribution in [0.5, 0.6) is 0 Å². The molecule has 1 saturated carbocycles. The molecule has 2 aromatic rings. The van der Waals surface area contributed by atoms with Gasteiger partial charge in [-0.15, -0.1) is 0 Å². The van der Waals surface area contributed by atoms with Crippen LogP contribution in [0, 0.1) is 6.92 Å². The minimum atomic E-state index is -0.667. The average Bonchev–Trinajstić information content (AvgIpc) is 3.38. The predicted molar refractivity (Wildman–Crippen MR) is 94.0 cm³/mol. The third kappa shape index (κ3) is 2.73. The first-order valence-corrected chi connectivity index (χ1v) is 8.70. The van der Waals surface area contributed by atoms with Gasteiger partial charge in [-0.3, -0.25) is 9.69 Å². The van der Waals surface area contributed by atoms with E-state index in [9.17, 15) is 9.90 Å². The molecule has 1 heterocycles. The largest absolute Gasteiger partial charge is 0.481 e. The third-order valence-corrected chi connectivity index (χ3v) is 5.54. The van der Waals surface area contributed by atoms with Crippen LogP contribution in [0.15, 0.2) is 42.5 Å². The number of nitrogens with zero attached hydrogens (tertiary/aromatic N) is 1. The number of carboxylic acids is 1. The van der Waals surface area contributed by atoms with Gasteiger partial charge in [0.05, 0.1) is 5.41 Å². The molecule has 2 aromatic carbocycles. The number of hydrogen-bond acceptors (Lipinski definition) is 2. The molecule has 0 bridgehead atoms. The van der Waals surface area contributed by atoms with Gasteiger partial charge in [-0.05, 0) is 48.4 Å². The Morgan fingerprint density at radius 3 is 2.54 bits per heavy atom. The first kappa shape index (κ1) is 15.4. The summed E-state index contributed by atoms with van der Waals surface area (Å²) in [4.78, 5) is 14.0. The van der Waals surface area contributed by atoms with Gasteiger partial charge in [0, 0.05) is 19.6 Å². The van der Waals surface area contributed by atoms with E-state index < -0.39 is 11.4 Å². The van der Waals surface area contributed by atoms with Crippen LogP contribution in [0.25, 0.3) is 0 Å². The maximum Gasteiger partial charge on any atom is 0.314 e. The molecule has 0 spiro atoms. The Balaban J connectivity index is 1.50. The summed E-state index contributed by atoms with van der Waals surface area (Å²) in [7, 11) is 0. The highest BCUT2D eigenvalue weighted by Gasteiger charge is 2.51. The predicted octanol–water partition coefficient (Wildman–Crippen LogP) is 3.67. The topological polar surface area (TPSA) is 40.5 Å². The molecule has 1 fully saturated rings. The Hall–Kier alpha value is -2.13. The number of benzene rings is 2. The SMILES string of the molecule is Cc1ccc(CN2CCc3cc(C4(C(=O)O)CC4)ccc3C2)cc1. The lowest BCUT2D eigenvalue weighted by Gasteiger charge is -2.29. The fourth-order valence-corrected chi connectivity index (χ4v) is 3.75. The summed E-state index contributed by atoms with van der Waals surface area (Å²) >= 11 is 0. The number of aliphatic carboxylic acids is 1. The molecular formula is C21H23NO2. The van der Waals surface area contributed by atoms with E-state index in [1.165, 1.54) is 22.3 Å². The van der Waals surface area contributed by atoms with Crippen molar-refractivity contribution in [3.8, 4) is 0 Å². The van der Waals surface area contributed by atoms with Gasteiger partial charge in [-0.2, -0.15) is 0 Å². The molecule has 124 valence electrons. The van der Waals surface area contributed by atoms with Crippen LogP contribution in [-0.2, 0) is 29.7 Å². The summed E-state index contributed by atoms with van der Waals surface area (Å²) in [6.45, 7) is 5.07. The summed E-state index contributed by atoms with van der Waals surface area (Å²) < 4.78 is 0. The number of fused-ring (bicyclic) bond motifs is 1. The highest BCUT2D eigenvalue weighted by molar-refractivity contribution is 5.85. The molecular weight excluding hydrogens is 298 g/mol. The van der Waals surface area contributed by atoms with Gasteiger partial charge in [0.25, 0.3) is 0 Å². The van der Waals surface area contributed by atoms with E-state index in [0.29, 0.717) is 0 Å². The maximum absolute atomic E-state index is 11.5. The van der Waals surface area contributed by atoms with Crippen molar-refractivity contribution in [3.05, 3.63) is 70.3 Å². The van der Waals surface area contributed by atoms with Crippen LogP contribution >= 0.6 is 0 Å². The lowest BCUT2D eigenvalue weighted by atomic mass is 9.90. The normalized spacial score (nSPS) is 18.9. The van der Waals surface area contributed by atoms with Crippen molar-refractivity contribution in [1.29, 1.82) is 0 Å². The molecule has 24 heavy (non-hydrogen) atoms. The fraction of sp³-hybridized carbons (Fsp3) is 0.381. The summed E-state index contributed by atoms with van der Waals surface area (Å²) in [6.07, 6.45) is 2.56. The van der Waals surface area contributed by atoms with E-state index in [4.69, 9.17) is 0 Å². The molecule has 0 amide bonds. The molecule has 2 aliphatic rings. The van der Waals surface area contributed by atoms with Gasteiger partial charge in [0.15, 0.2) is 0 Å². The van der Waals surface area contributed by atoms with Crippen LogP contribution in [0.2, 0.25) is 0 Å². The van der Waals surface area contributed by atoms with Gasteiger partial charge in [-0.1, -0.05) is 48.0 Å². The average molecular weight is 321 g/mol. The molecule has 1 aliphatic heterocycles. The number of carboxylic acid groups (broad SMARTS) is 1. The zero-order valence-corrected chi connectivity index (χ0v) is 14.1. The van der Waals surface area contributed by atoms with Crippen LogP contribution in [0.3, 0.4) is 0 Å². The third-order valence-electron chi connectivity index (χ3n) is 5.54. The maximum atomic E-state index is 11.5. The second kappa shape index (κ2) is 5.75. The molecule has 3 nitrogen and oxygen atoms in total. The van der Waals surface area contributed by atoms with Crippen LogP contribution in [-0.4, -0.2) is 22.5 Å². The quantitative estimate of drug-likeness (QED) is 0.934. The smallest absolute Gasteiger partial charge is 0.314 e. The second-order valence-corrected chi connectivity index (χ2v) is 7.32. The summed E-state index contributed by atoms with van der Waals surface area (Å²) in [5, 5.41) is 9.48. The van der Waals surface area contributed by atoms with Crippen molar-refractivity contribution >= 4 is 5.97 Å². The molecule has 0 saturated heterocycles. The number of hydrogen-bond donors (Lipinski definition) is 1. The molecule has 0 aromatic heterocycles. The van der Waals surface area contributed by atoms with Crippen molar-refractivity contribution in [3.63, 3.8) is 0 Å². The molecule has 0 unspecified atom stereocenters. The van der Waals surface area contributed by atoms with Crippen molar-refractivity contribution in [2.24, 2.45) is 0 Å². The first-order chi connectivity index (χ1) is 11.6. The molecule has 0 atom stereocenters. The zero-order chi connectivity index (χ0) is 16.7. The Morgan fingerprint density at radius 2 is 1.88 bits per heavy atom. The second-order valence-electron chi connectivity index (χ2n) is 7.32.